The summed E-state index contributed by atoms with van der Waals surface area (Å²) in [6.45, 7) is 2.56. The van der Waals surface area contributed by atoms with E-state index < -0.39 is 12.3 Å². The number of hydrogen-bond acceptors (Lipinski definition) is 7. The number of aromatic amines is 1. The van der Waals surface area contributed by atoms with Gasteiger partial charge in [0, 0.05) is 43.2 Å². The molecule has 1 aromatic carbocycles. The summed E-state index contributed by atoms with van der Waals surface area (Å²) in [5.41, 5.74) is 3.51. The molecule has 0 spiro atoms. The van der Waals surface area contributed by atoms with Gasteiger partial charge in [-0.2, -0.15) is 5.10 Å². The van der Waals surface area contributed by atoms with Gasteiger partial charge in [-0.05, 0) is 49.1 Å². The van der Waals surface area contributed by atoms with E-state index in [9.17, 15) is 18.0 Å². The Morgan fingerprint density at radius 2 is 2.00 bits per heavy atom. The van der Waals surface area contributed by atoms with Gasteiger partial charge < -0.3 is 20.4 Å². The standard InChI is InChI=1S/C24H25F3N8O2/c25-24(26,27)37-19-6-3-4-15(8-19)11-29-23(36)21-14-35(34-32-21)7-2-1-5-18-9-16-10-20(17-12-28-13-17)30-22(16)33-31-18/h3-4,6,8-10,14,17,28H,1-2,5,7,11-13H2,(H,29,36)(H,30,33). The van der Waals surface area contributed by atoms with Crippen LogP contribution < -0.4 is 15.4 Å². The predicted octanol–water partition coefficient (Wildman–Crippen LogP) is 3.09. The number of nitrogens with zero attached hydrogens (tertiary/aromatic N) is 5. The minimum absolute atomic E-state index is 0.0201. The number of H-pyrrole nitrogens is 1. The molecule has 1 fully saturated rings. The van der Waals surface area contributed by atoms with Crippen LogP contribution in [0, 0.1) is 0 Å². The maximum Gasteiger partial charge on any atom is 0.573 e. The van der Waals surface area contributed by atoms with Crippen LogP contribution in [0.15, 0.2) is 42.6 Å². The van der Waals surface area contributed by atoms with Gasteiger partial charge in [0.05, 0.1) is 11.9 Å². The normalized spacial score (nSPS) is 14.0. The Balaban J connectivity index is 1.07. The Bertz CT molecular complexity index is 1380. The number of aryl methyl sites for hydroxylation is 2. The van der Waals surface area contributed by atoms with Crippen molar-refractivity contribution in [2.45, 2.75) is 44.6 Å². The van der Waals surface area contributed by atoms with Gasteiger partial charge in [0.1, 0.15) is 5.75 Å². The highest BCUT2D eigenvalue weighted by molar-refractivity contribution is 5.91. The van der Waals surface area contributed by atoms with Crippen LogP contribution in [0.3, 0.4) is 0 Å². The molecule has 1 saturated heterocycles. The van der Waals surface area contributed by atoms with Crippen molar-refractivity contribution in [3.8, 4) is 5.75 Å². The third-order valence-corrected chi connectivity index (χ3v) is 6.10. The number of ether oxygens (including phenoxy) is 1. The molecule has 1 amide bonds. The molecule has 0 bridgehead atoms. The Morgan fingerprint density at radius 1 is 1.14 bits per heavy atom. The van der Waals surface area contributed by atoms with Gasteiger partial charge in [-0.25, -0.2) is 0 Å². The second-order valence-electron chi connectivity index (χ2n) is 8.92. The van der Waals surface area contributed by atoms with Crippen LogP contribution in [0.5, 0.6) is 5.75 Å². The number of alkyl halides is 3. The first kappa shape index (κ1) is 24.7. The van der Waals surface area contributed by atoms with Crippen LogP contribution in [0.1, 0.15) is 46.2 Å². The zero-order valence-electron chi connectivity index (χ0n) is 19.8. The van der Waals surface area contributed by atoms with E-state index in [-0.39, 0.29) is 18.0 Å². The van der Waals surface area contributed by atoms with Crippen molar-refractivity contribution >= 4 is 16.9 Å². The fraction of sp³-hybridized carbons (Fsp3) is 0.375. The van der Waals surface area contributed by atoms with Crippen LogP contribution in [-0.4, -0.2) is 55.5 Å². The first-order chi connectivity index (χ1) is 17.8. The summed E-state index contributed by atoms with van der Waals surface area (Å²) < 4.78 is 42.6. The van der Waals surface area contributed by atoms with Gasteiger partial charge in [-0.15, -0.1) is 23.4 Å². The van der Waals surface area contributed by atoms with Crippen molar-refractivity contribution in [3.63, 3.8) is 0 Å². The Morgan fingerprint density at radius 3 is 2.78 bits per heavy atom. The zero-order chi connectivity index (χ0) is 25.8. The third-order valence-electron chi connectivity index (χ3n) is 6.10. The summed E-state index contributed by atoms with van der Waals surface area (Å²) in [5, 5.41) is 23.5. The van der Waals surface area contributed by atoms with Gasteiger partial charge in [0.25, 0.3) is 5.91 Å². The van der Waals surface area contributed by atoms with Crippen LogP contribution in [0.4, 0.5) is 13.2 Å². The summed E-state index contributed by atoms with van der Waals surface area (Å²) in [6.07, 6.45) is -0.792. The average molecular weight is 515 g/mol. The number of amides is 1. The molecule has 4 aromatic rings. The summed E-state index contributed by atoms with van der Waals surface area (Å²) in [6, 6.07) is 9.63. The number of carbonyl (C=O) groups is 1. The molecule has 0 unspecified atom stereocenters. The van der Waals surface area contributed by atoms with Crippen LogP contribution in [-0.2, 0) is 19.5 Å². The van der Waals surface area contributed by atoms with Crippen molar-refractivity contribution in [3.05, 3.63) is 65.2 Å². The lowest BCUT2D eigenvalue weighted by Gasteiger charge is -2.25. The minimum atomic E-state index is -4.78. The highest BCUT2D eigenvalue weighted by Gasteiger charge is 2.31. The number of rotatable bonds is 10. The monoisotopic (exact) mass is 514 g/mol. The summed E-state index contributed by atoms with van der Waals surface area (Å²) >= 11 is 0. The lowest BCUT2D eigenvalue weighted by Crippen LogP contribution is -2.40. The van der Waals surface area contributed by atoms with Gasteiger partial charge in [0.2, 0.25) is 0 Å². The van der Waals surface area contributed by atoms with Gasteiger partial charge in [-0.1, -0.05) is 17.3 Å². The maximum atomic E-state index is 12.4. The summed E-state index contributed by atoms with van der Waals surface area (Å²) in [4.78, 5) is 15.7. The number of carbonyl (C=O) groups excluding carboxylic acids is 1. The number of benzene rings is 1. The van der Waals surface area contributed by atoms with Crippen molar-refractivity contribution < 1.29 is 22.7 Å². The SMILES string of the molecule is O=C(NCc1cccc(OC(F)(F)F)c1)c1cn(CCCCc2cc3cc(C4CNC4)[nH]c3nn2)nn1. The molecular weight excluding hydrogens is 489 g/mol. The topological polar surface area (TPSA) is 123 Å². The molecule has 194 valence electrons. The Labute approximate surface area is 209 Å². The molecule has 1 aliphatic rings. The first-order valence-corrected chi connectivity index (χ1v) is 11.9. The number of halogens is 3. The molecule has 0 atom stereocenters. The molecule has 3 N–H and O–H groups in total. The van der Waals surface area contributed by atoms with Crippen LogP contribution >= 0.6 is 0 Å². The van der Waals surface area contributed by atoms with Gasteiger partial charge in [0.15, 0.2) is 11.3 Å². The molecule has 0 aliphatic carbocycles. The maximum absolute atomic E-state index is 12.4. The number of aromatic nitrogens is 6. The Kier molecular flexibility index (Phi) is 7.04. The number of fused-ring (bicyclic) bond motifs is 1. The van der Waals surface area contributed by atoms with Crippen LogP contribution in [0.2, 0.25) is 0 Å². The van der Waals surface area contributed by atoms with E-state index in [1.54, 1.807) is 16.9 Å². The lowest BCUT2D eigenvalue weighted by molar-refractivity contribution is -0.274. The molecule has 0 radical (unpaired) electrons. The third kappa shape index (κ3) is 6.42. The van der Waals surface area contributed by atoms with E-state index in [0.717, 1.165) is 49.1 Å². The zero-order valence-corrected chi connectivity index (χ0v) is 19.8. The highest BCUT2D eigenvalue weighted by Crippen LogP contribution is 2.24. The van der Waals surface area contributed by atoms with E-state index >= 15 is 0 Å². The number of nitrogens with one attached hydrogen (secondary N) is 3. The van der Waals surface area contributed by atoms with E-state index in [2.05, 4.69) is 53.0 Å². The molecule has 3 aromatic heterocycles. The fourth-order valence-electron chi connectivity index (χ4n) is 4.06. The average Bonchev–Trinajstić information content (AvgIpc) is 3.45. The summed E-state index contributed by atoms with van der Waals surface area (Å²) in [7, 11) is 0. The quantitative estimate of drug-likeness (QED) is 0.278. The molecule has 10 nitrogen and oxygen atoms in total. The number of unbranched alkanes of at least 4 members (excludes halogenated alkanes) is 1. The largest absolute Gasteiger partial charge is 0.573 e. The number of hydrogen-bond donors (Lipinski definition) is 3. The first-order valence-electron chi connectivity index (χ1n) is 11.9. The molecule has 1 aliphatic heterocycles. The van der Waals surface area contributed by atoms with E-state index in [0.29, 0.717) is 18.0 Å². The lowest BCUT2D eigenvalue weighted by atomic mass is 9.99. The molecule has 13 heteroatoms. The minimum Gasteiger partial charge on any atom is -0.406 e. The molecule has 37 heavy (non-hydrogen) atoms. The molecule has 5 rings (SSSR count). The van der Waals surface area contributed by atoms with Crippen molar-refractivity contribution in [2.75, 3.05) is 13.1 Å². The van der Waals surface area contributed by atoms with Crippen molar-refractivity contribution in [1.29, 1.82) is 0 Å². The second kappa shape index (κ2) is 10.5. The van der Waals surface area contributed by atoms with E-state index in [1.807, 2.05) is 0 Å². The van der Waals surface area contributed by atoms with E-state index in [4.69, 9.17) is 0 Å². The smallest absolute Gasteiger partial charge is 0.406 e. The molecule has 0 saturated carbocycles. The predicted molar refractivity (Wildman–Crippen MR) is 127 cm³/mol. The molecule has 4 heterocycles. The van der Waals surface area contributed by atoms with E-state index in [1.165, 1.54) is 23.9 Å². The molecular formula is C24H25F3N8O2. The van der Waals surface area contributed by atoms with Gasteiger partial charge in [-0.3, -0.25) is 9.48 Å². The van der Waals surface area contributed by atoms with Crippen LogP contribution in [0.25, 0.3) is 11.0 Å². The second-order valence-corrected chi connectivity index (χ2v) is 8.92. The van der Waals surface area contributed by atoms with Gasteiger partial charge >= 0.3 is 6.36 Å². The van der Waals surface area contributed by atoms with Crippen molar-refractivity contribution in [1.82, 2.24) is 40.8 Å². The Hall–Kier alpha value is -4.00. The highest BCUT2D eigenvalue weighted by atomic mass is 19.4. The fourth-order valence-corrected chi connectivity index (χ4v) is 4.06. The van der Waals surface area contributed by atoms with Crippen molar-refractivity contribution in [2.24, 2.45) is 0 Å². The summed E-state index contributed by atoms with van der Waals surface area (Å²) in [5.74, 6) is -0.308.